The Bertz CT molecular complexity index is 778. The molecule has 138 valence electrons. The average Bonchev–Trinajstić information content (AvgIpc) is 2.62. The fraction of sp³-hybridized carbons (Fsp3) is 0.263. The lowest BCUT2D eigenvalue weighted by Gasteiger charge is -2.22. The Hall–Kier alpha value is -2.96. The maximum atomic E-state index is 13.4. The summed E-state index contributed by atoms with van der Waals surface area (Å²) in [5.74, 6) is -2.85. The van der Waals surface area contributed by atoms with E-state index in [0.717, 1.165) is 12.1 Å². The summed E-state index contributed by atoms with van der Waals surface area (Å²) in [6.07, 6.45) is -0.257. The van der Waals surface area contributed by atoms with Gasteiger partial charge in [0.2, 0.25) is 0 Å². The third kappa shape index (κ3) is 5.27. The number of aliphatic carboxylic acids is 1. The number of rotatable bonds is 8. The number of nitrogens with zero attached hydrogens (tertiary/aromatic N) is 1. The fourth-order valence-electron chi connectivity index (χ4n) is 2.38. The molecule has 0 unspecified atom stereocenters. The monoisotopic (exact) mass is 363 g/mol. The molecular weight excluding hydrogens is 344 g/mol. The van der Waals surface area contributed by atoms with E-state index >= 15 is 0 Å². The van der Waals surface area contributed by atoms with Crippen LogP contribution in [0.25, 0.3) is 0 Å². The Balaban J connectivity index is 2.20. The smallest absolute Gasteiger partial charge is 0.305 e. The minimum Gasteiger partial charge on any atom is -0.494 e. The zero-order valence-corrected chi connectivity index (χ0v) is 14.2. The molecule has 2 aromatic rings. The van der Waals surface area contributed by atoms with Crippen LogP contribution in [0.15, 0.2) is 42.5 Å². The second-order valence-corrected chi connectivity index (χ2v) is 5.58. The minimum atomic E-state index is -1.06. The van der Waals surface area contributed by atoms with Gasteiger partial charge in [-0.2, -0.15) is 0 Å². The lowest BCUT2D eigenvalue weighted by Crippen LogP contribution is -2.32. The van der Waals surface area contributed by atoms with Crippen molar-refractivity contribution >= 4 is 11.9 Å². The predicted octanol–water partition coefficient (Wildman–Crippen LogP) is 3.48. The first-order valence-electron chi connectivity index (χ1n) is 8.08. The quantitative estimate of drug-likeness (QED) is 0.780. The molecule has 0 aromatic heterocycles. The molecule has 0 aliphatic rings. The molecule has 0 atom stereocenters. The highest BCUT2D eigenvalue weighted by atomic mass is 19.2. The van der Waals surface area contributed by atoms with Gasteiger partial charge in [-0.3, -0.25) is 9.59 Å². The van der Waals surface area contributed by atoms with Gasteiger partial charge in [0.15, 0.2) is 11.6 Å². The molecule has 0 heterocycles. The van der Waals surface area contributed by atoms with Crippen molar-refractivity contribution in [3.05, 3.63) is 65.2 Å². The second-order valence-electron chi connectivity index (χ2n) is 5.58. The van der Waals surface area contributed by atoms with Crippen molar-refractivity contribution in [3.63, 3.8) is 0 Å². The first-order valence-corrected chi connectivity index (χ1v) is 8.08. The first kappa shape index (κ1) is 19.4. The summed E-state index contributed by atoms with van der Waals surface area (Å²) in [6.45, 7) is 2.25. The molecule has 0 bridgehead atoms. The lowest BCUT2D eigenvalue weighted by atomic mass is 10.1. The number of ether oxygens (including phenoxy) is 1. The predicted molar refractivity (Wildman–Crippen MR) is 91.0 cm³/mol. The van der Waals surface area contributed by atoms with Gasteiger partial charge in [0.1, 0.15) is 5.75 Å². The van der Waals surface area contributed by atoms with Gasteiger partial charge in [0.05, 0.1) is 13.0 Å². The summed E-state index contributed by atoms with van der Waals surface area (Å²) in [5, 5.41) is 8.89. The van der Waals surface area contributed by atoms with Gasteiger partial charge in [-0.1, -0.05) is 6.07 Å². The number of carboxylic acids is 1. The molecular formula is C19H19F2NO4. The van der Waals surface area contributed by atoms with Crippen LogP contribution in [0.5, 0.6) is 5.75 Å². The fourth-order valence-corrected chi connectivity index (χ4v) is 2.38. The number of amides is 1. The van der Waals surface area contributed by atoms with Crippen molar-refractivity contribution in [1.29, 1.82) is 0 Å². The van der Waals surface area contributed by atoms with Crippen LogP contribution in [0.3, 0.4) is 0 Å². The van der Waals surface area contributed by atoms with E-state index in [0.29, 0.717) is 23.5 Å². The molecule has 2 rings (SSSR count). The lowest BCUT2D eigenvalue weighted by molar-refractivity contribution is -0.137. The molecule has 0 aliphatic heterocycles. The molecule has 2 aromatic carbocycles. The van der Waals surface area contributed by atoms with Crippen LogP contribution >= 0.6 is 0 Å². The van der Waals surface area contributed by atoms with Crippen molar-refractivity contribution in [3.8, 4) is 5.75 Å². The highest BCUT2D eigenvalue weighted by Crippen LogP contribution is 2.17. The van der Waals surface area contributed by atoms with E-state index in [-0.39, 0.29) is 19.5 Å². The van der Waals surface area contributed by atoms with Crippen LogP contribution in [0.2, 0.25) is 0 Å². The van der Waals surface area contributed by atoms with Crippen molar-refractivity contribution < 1.29 is 28.2 Å². The topological polar surface area (TPSA) is 66.8 Å². The SMILES string of the molecule is CCOc1ccc(C(=O)N(CCC(=O)O)Cc2ccc(F)c(F)c2)cc1. The van der Waals surface area contributed by atoms with Crippen molar-refractivity contribution in [2.45, 2.75) is 19.9 Å². The number of benzene rings is 2. The van der Waals surface area contributed by atoms with Crippen molar-refractivity contribution in [2.75, 3.05) is 13.2 Å². The minimum absolute atomic E-state index is 0.0312. The van der Waals surface area contributed by atoms with Crippen LogP contribution in [-0.2, 0) is 11.3 Å². The van der Waals surface area contributed by atoms with Crippen LogP contribution in [0.1, 0.15) is 29.3 Å². The van der Waals surface area contributed by atoms with E-state index in [1.807, 2.05) is 6.92 Å². The van der Waals surface area contributed by atoms with Gasteiger partial charge >= 0.3 is 5.97 Å². The second kappa shape index (κ2) is 8.94. The largest absolute Gasteiger partial charge is 0.494 e. The van der Waals surface area contributed by atoms with E-state index in [4.69, 9.17) is 9.84 Å². The average molecular weight is 363 g/mol. The van der Waals surface area contributed by atoms with E-state index in [2.05, 4.69) is 0 Å². The van der Waals surface area contributed by atoms with E-state index < -0.39 is 23.5 Å². The maximum absolute atomic E-state index is 13.4. The molecule has 1 amide bonds. The number of halogens is 2. The summed E-state index contributed by atoms with van der Waals surface area (Å²) in [7, 11) is 0. The number of hydrogen-bond donors (Lipinski definition) is 1. The van der Waals surface area contributed by atoms with Gasteiger partial charge in [0, 0.05) is 18.7 Å². The van der Waals surface area contributed by atoms with Gasteiger partial charge in [-0.15, -0.1) is 0 Å². The van der Waals surface area contributed by atoms with Crippen LogP contribution in [0, 0.1) is 11.6 Å². The summed E-state index contributed by atoms with van der Waals surface area (Å²) >= 11 is 0. The highest BCUT2D eigenvalue weighted by molar-refractivity contribution is 5.94. The van der Waals surface area contributed by atoms with Crippen LogP contribution in [0.4, 0.5) is 8.78 Å². The Morgan fingerprint density at radius 2 is 1.77 bits per heavy atom. The molecule has 0 saturated carbocycles. The number of carboxylic acid groups (broad SMARTS) is 1. The normalized spacial score (nSPS) is 10.4. The number of hydrogen-bond acceptors (Lipinski definition) is 3. The Labute approximate surface area is 149 Å². The standard InChI is InChI=1S/C19H19F2NO4/c1-2-26-15-6-4-14(5-7-15)19(25)22(10-9-18(23)24)12-13-3-8-16(20)17(21)11-13/h3-8,11H,2,9-10,12H2,1H3,(H,23,24). The van der Waals surface area contributed by atoms with E-state index in [9.17, 15) is 18.4 Å². The molecule has 0 fully saturated rings. The number of carbonyl (C=O) groups excluding carboxylic acids is 1. The van der Waals surface area contributed by atoms with Gasteiger partial charge < -0.3 is 14.7 Å². The van der Waals surface area contributed by atoms with Gasteiger partial charge in [-0.25, -0.2) is 8.78 Å². The van der Waals surface area contributed by atoms with E-state index in [1.165, 1.54) is 11.0 Å². The molecule has 0 radical (unpaired) electrons. The number of carbonyl (C=O) groups is 2. The van der Waals surface area contributed by atoms with Crippen LogP contribution in [-0.4, -0.2) is 35.0 Å². The Kier molecular flexibility index (Phi) is 6.66. The highest BCUT2D eigenvalue weighted by Gasteiger charge is 2.18. The van der Waals surface area contributed by atoms with Crippen molar-refractivity contribution in [2.24, 2.45) is 0 Å². The molecule has 1 N–H and O–H groups in total. The maximum Gasteiger partial charge on any atom is 0.305 e. The Morgan fingerprint density at radius 3 is 2.35 bits per heavy atom. The zero-order valence-electron chi connectivity index (χ0n) is 14.2. The summed E-state index contributed by atoms with van der Waals surface area (Å²) in [4.78, 5) is 24.9. The molecule has 26 heavy (non-hydrogen) atoms. The Morgan fingerprint density at radius 1 is 1.08 bits per heavy atom. The molecule has 0 aliphatic carbocycles. The van der Waals surface area contributed by atoms with Crippen molar-refractivity contribution in [1.82, 2.24) is 4.90 Å². The van der Waals surface area contributed by atoms with Gasteiger partial charge in [-0.05, 0) is 48.9 Å². The summed E-state index contributed by atoms with van der Waals surface area (Å²) in [6, 6.07) is 9.76. The van der Waals surface area contributed by atoms with E-state index in [1.54, 1.807) is 24.3 Å². The molecule has 0 spiro atoms. The third-order valence-corrected chi connectivity index (χ3v) is 3.65. The molecule has 5 nitrogen and oxygen atoms in total. The summed E-state index contributed by atoms with van der Waals surface area (Å²) in [5.41, 5.74) is 0.718. The first-order chi connectivity index (χ1) is 12.4. The third-order valence-electron chi connectivity index (χ3n) is 3.65. The molecule has 7 heteroatoms. The van der Waals surface area contributed by atoms with Gasteiger partial charge in [0.25, 0.3) is 5.91 Å². The van der Waals surface area contributed by atoms with Crippen LogP contribution < -0.4 is 4.74 Å². The zero-order chi connectivity index (χ0) is 19.1. The summed E-state index contributed by atoms with van der Waals surface area (Å²) < 4.78 is 31.8. The molecule has 0 saturated heterocycles.